The Morgan fingerprint density at radius 3 is 2.11 bits per heavy atom. The molecule has 56 heavy (non-hydrogen) atoms. The van der Waals surface area contributed by atoms with Crippen LogP contribution in [0, 0.1) is 23.7 Å². The number of methoxy groups -OCH3 is 1. The molecule has 1 aliphatic rings. The molecule has 0 radical (unpaired) electrons. The molecule has 1 aromatic rings. The summed E-state index contributed by atoms with van der Waals surface area (Å²) in [6, 6.07) is 4.45. The molecule has 15 heteroatoms. The minimum absolute atomic E-state index is 0.0389. The Bertz CT molecular complexity index is 1660. The molecule has 1 heterocycles. The lowest BCUT2D eigenvalue weighted by Crippen LogP contribution is -2.58. The van der Waals surface area contributed by atoms with Crippen molar-refractivity contribution in [1.29, 1.82) is 0 Å². The zero-order chi connectivity index (χ0) is 42.3. The van der Waals surface area contributed by atoms with Crippen LogP contribution < -0.4 is 21.3 Å². The Morgan fingerprint density at radius 2 is 1.55 bits per heavy atom. The molecule has 15 nitrogen and oxygen atoms in total. The second-order valence-corrected chi connectivity index (χ2v) is 14.4. The first-order valence-corrected chi connectivity index (χ1v) is 18.9. The van der Waals surface area contributed by atoms with Gasteiger partial charge in [-0.3, -0.25) is 24.0 Å². The van der Waals surface area contributed by atoms with E-state index in [1.165, 1.54) is 33.9 Å². The number of hydrogen-bond donors (Lipinski definition) is 6. The molecule has 0 spiro atoms. The van der Waals surface area contributed by atoms with Crippen molar-refractivity contribution in [3.63, 3.8) is 0 Å². The molecule has 6 N–H and O–H groups in total. The number of allylic oxidation sites excluding steroid dienone is 3. The number of carbonyl (C=O) groups excluding carboxylic acids is 5. The Labute approximate surface area is 329 Å². The third-order valence-electron chi connectivity index (χ3n) is 10.3. The summed E-state index contributed by atoms with van der Waals surface area (Å²) in [5.41, 5.74) is 1.66. The monoisotopic (exact) mass is 781 g/mol. The second kappa shape index (κ2) is 22.3. The molecule has 0 unspecified atom stereocenters. The van der Waals surface area contributed by atoms with Crippen LogP contribution in [-0.2, 0) is 44.7 Å². The van der Waals surface area contributed by atoms with E-state index in [1.807, 2.05) is 50.3 Å². The summed E-state index contributed by atoms with van der Waals surface area (Å²) in [6.45, 7) is 11.6. The summed E-state index contributed by atoms with van der Waals surface area (Å²) in [6.07, 6.45) is 6.83. The van der Waals surface area contributed by atoms with Gasteiger partial charge in [-0.1, -0.05) is 101 Å². The Hall–Kier alpha value is -5.31. The van der Waals surface area contributed by atoms with Crippen LogP contribution in [0.5, 0.6) is 0 Å². The van der Waals surface area contributed by atoms with Crippen molar-refractivity contribution in [2.24, 2.45) is 23.7 Å². The predicted octanol–water partition coefficient (Wildman–Crippen LogP) is 2.97. The largest absolute Gasteiger partial charge is 0.480 e. The van der Waals surface area contributed by atoms with Crippen LogP contribution in [0.4, 0.5) is 0 Å². The molecule has 5 amide bonds. The number of nitrogens with one attached hydrogen (secondary N) is 4. The van der Waals surface area contributed by atoms with Gasteiger partial charge in [0.1, 0.15) is 23.8 Å². The number of benzene rings is 1. The molecule has 1 saturated heterocycles. The van der Waals surface area contributed by atoms with Gasteiger partial charge in [0.05, 0.1) is 24.0 Å². The van der Waals surface area contributed by atoms with Crippen LogP contribution in [0.25, 0.3) is 0 Å². The van der Waals surface area contributed by atoms with E-state index < -0.39 is 89.8 Å². The van der Waals surface area contributed by atoms with Gasteiger partial charge in [-0.05, 0) is 38.2 Å². The Balaban J connectivity index is 2.60. The third-order valence-corrected chi connectivity index (χ3v) is 10.3. The summed E-state index contributed by atoms with van der Waals surface area (Å²) in [4.78, 5) is 93.3. The standard InChI is InChI=1S/C41H59N5O10/c1-10-24(4)34-39(51)42-29(18-17-23(3)21-25(5)32(56-9)22-28-15-13-12-14-16-28)26(6)36(48)43-30(40(52)53)19-20-33(47)46(8)31(11-2)38(50)45-35(41(54)55)27(7)37(49)44-34/h11-18,21,24-27,29-30,32,34-35H,10,19-20,22H2,1-9H3,(H,42,51)(H,43,48)(H,44,49)(H,45,50)(H,52,53)(H,54,55)/b18-17+,23-21+,31-11-/t24-,25-,26+,27-,29-,30+,32-,34-,35+/m0/s1. The summed E-state index contributed by atoms with van der Waals surface area (Å²) in [7, 11) is 2.91. The molecule has 0 bridgehead atoms. The maximum Gasteiger partial charge on any atom is 0.327 e. The van der Waals surface area contributed by atoms with Gasteiger partial charge in [-0.25, -0.2) is 9.59 Å². The topological polar surface area (TPSA) is 221 Å². The SMILES string of the molecule is C/C=C1/C(=O)N[C@@H](C(=O)O)[C@H](C)C(=O)N[C@@H]([C@@H](C)CC)C(=O)N[C@@H](/C=C/C(C)=C/[C@H](C)[C@H](Cc2ccccc2)OC)[C@@H](C)C(=O)N[C@@H](C(=O)O)CCC(=O)N1C. The number of carboxylic acid groups (broad SMARTS) is 2. The van der Waals surface area contributed by atoms with E-state index in [4.69, 9.17) is 4.74 Å². The van der Waals surface area contributed by atoms with Crippen LogP contribution in [0.2, 0.25) is 0 Å². The molecule has 9 atom stereocenters. The van der Waals surface area contributed by atoms with Gasteiger partial charge >= 0.3 is 11.9 Å². The minimum Gasteiger partial charge on any atom is -0.480 e. The lowest BCUT2D eigenvalue weighted by molar-refractivity contribution is -0.146. The average molecular weight is 782 g/mol. The first kappa shape index (κ1) is 46.8. The highest BCUT2D eigenvalue weighted by Gasteiger charge is 2.37. The van der Waals surface area contributed by atoms with Crippen LogP contribution in [-0.4, -0.2) is 101 Å². The van der Waals surface area contributed by atoms with Crippen molar-refractivity contribution < 1.29 is 48.5 Å². The van der Waals surface area contributed by atoms with E-state index in [-0.39, 0.29) is 24.1 Å². The number of aliphatic carboxylic acids is 2. The maximum absolute atomic E-state index is 14.0. The number of amides is 5. The molecule has 0 aromatic heterocycles. The fourth-order valence-corrected chi connectivity index (χ4v) is 6.28. The van der Waals surface area contributed by atoms with Gasteiger partial charge in [0.25, 0.3) is 5.91 Å². The molecule has 1 fully saturated rings. The van der Waals surface area contributed by atoms with Crippen LogP contribution in [0.1, 0.15) is 73.3 Å². The van der Waals surface area contributed by atoms with Gasteiger partial charge < -0.3 is 41.1 Å². The Kier molecular flexibility index (Phi) is 18.6. The summed E-state index contributed by atoms with van der Waals surface area (Å²) in [5, 5.41) is 30.3. The minimum atomic E-state index is -1.75. The zero-order valence-electron chi connectivity index (χ0n) is 33.8. The van der Waals surface area contributed by atoms with E-state index in [0.717, 1.165) is 16.0 Å². The molecule has 0 aliphatic carbocycles. The van der Waals surface area contributed by atoms with Crippen molar-refractivity contribution in [3.05, 3.63) is 71.5 Å². The highest BCUT2D eigenvalue weighted by molar-refractivity contribution is 6.00. The number of hydrogen-bond acceptors (Lipinski definition) is 8. The zero-order valence-corrected chi connectivity index (χ0v) is 33.8. The molecular weight excluding hydrogens is 722 g/mol. The summed E-state index contributed by atoms with van der Waals surface area (Å²) >= 11 is 0. The fraction of sp³-hybridized carbons (Fsp3) is 0.537. The Morgan fingerprint density at radius 1 is 0.929 bits per heavy atom. The molecular formula is C41H59N5O10. The van der Waals surface area contributed by atoms with Gasteiger partial charge in [0.2, 0.25) is 23.6 Å². The van der Waals surface area contributed by atoms with E-state index in [1.54, 1.807) is 33.1 Å². The molecule has 2 rings (SSSR count). The number of nitrogens with zero attached hydrogens (tertiary/aromatic N) is 1. The van der Waals surface area contributed by atoms with E-state index in [9.17, 15) is 43.8 Å². The van der Waals surface area contributed by atoms with E-state index >= 15 is 0 Å². The van der Waals surface area contributed by atoms with Crippen LogP contribution >= 0.6 is 0 Å². The average Bonchev–Trinajstić information content (AvgIpc) is 3.16. The number of likely N-dealkylation sites (N-methyl/N-ethyl adjacent to an activating group) is 1. The fourth-order valence-electron chi connectivity index (χ4n) is 6.28. The second-order valence-electron chi connectivity index (χ2n) is 14.4. The first-order chi connectivity index (χ1) is 26.4. The lowest BCUT2D eigenvalue weighted by atomic mass is 9.93. The smallest absolute Gasteiger partial charge is 0.327 e. The highest BCUT2D eigenvalue weighted by Crippen LogP contribution is 2.19. The maximum atomic E-state index is 14.0. The van der Waals surface area contributed by atoms with Crippen molar-refractivity contribution in [1.82, 2.24) is 26.2 Å². The molecule has 308 valence electrons. The third kappa shape index (κ3) is 13.5. The molecule has 0 saturated carbocycles. The van der Waals surface area contributed by atoms with Crippen molar-refractivity contribution in [2.75, 3.05) is 14.2 Å². The highest BCUT2D eigenvalue weighted by atomic mass is 16.5. The van der Waals surface area contributed by atoms with Gasteiger partial charge in [0, 0.05) is 26.5 Å². The van der Waals surface area contributed by atoms with Crippen LogP contribution in [0.15, 0.2) is 65.9 Å². The molecule has 1 aromatic carbocycles. The molecule has 1 aliphatic heterocycles. The van der Waals surface area contributed by atoms with E-state index in [2.05, 4.69) is 21.3 Å². The van der Waals surface area contributed by atoms with Gasteiger partial charge in [0.15, 0.2) is 0 Å². The quantitative estimate of drug-likeness (QED) is 0.142. The number of carboxylic acids is 2. The first-order valence-electron chi connectivity index (χ1n) is 18.9. The van der Waals surface area contributed by atoms with Gasteiger partial charge in [-0.15, -0.1) is 0 Å². The number of carbonyl (C=O) groups is 7. The predicted molar refractivity (Wildman–Crippen MR) is 210 cm³/mol. The lowest BCUT2D eigenvalue weighted by Gasteiger charge is -2.30. The van der Waals surface area contributed by atoms with Gasteiger partial charge in [-0.2, -0.15) is 0 Å². The van der Waals surface area contributed by atoms with Crippen molar-refractivity contribution in [2.45, 2.75) is 104 Å². The summed E-state index contributed by atoms with van der Waals surface area (Å²) in [5.74, 6) is -9.73. The number of rotatable bonds is 11. The normalized spacial score (nSPS) is 26.5. The summed E-state index contributed by atoms with van der Waals surface area (Å²) < 4.78 is 5.79. The van der Waals surface area contributed by atoms with Crippen LogP contribution in [0.3, 0.4) is 0 Å². The number of ether oxygens (including phenoxy) is 1. The van der Waals surface area contributed by atoms with Crippen molar-refractivity contribution >= 4 is 41.5 Å². The van der Waals surface area contributed by atoms with E-state index in [0.29, 0.717) is 12.8 Å². The van der Waals surface area contributed by atoms with Crippen molar-refractivity contribution in [3.8, 4) is 0 Å².